The minimum Gasteiger partial charge on any atom is -0.383 e. The molecular formula is C36H38F6N4O4S. The van der Waals surface area contributed by atoms with E-state index in [1.165, 1.54) is 54.6 Å². The van der Waals surface area contributed by atoms with E-state index in [4.69, 9.17) is 4.74 Å². The van der Waals surface area contributed by atoms with Gasteiger partial charge in [-0.15, -0.1) is 0 Å². The summed E-state index contributed by atoms with van der Waals surface area (Å²) in [6.07, 6.45) is -7.38. The van der Waals surface area contributed by atoms with Crippen molar-refractivity contribution in [1.82, 2.24) is 20.1 Å². The summed E-state index contributed by atoms with van der Waals surface area (Å²) in [5, 5.41) is 2.06. The third kappa shape index (κ3) is 8.88. The molecule has 51 heavy (non-hydrogen) atoms. The lowest BCUT2D eigenvalue weighted by atomic mass is 9.93. The molecule has 1 fully saturated rings. The lowest BCUT2D eigenvalue weighted by Crippen LogP contribution is -2.44. The van der Waals surface area contributed by atoms with Crippen molar-refractivity contribution in [3.05, 3.63) is 95.1 Å². The number of amides is 1. The summed E-state index contributed by atoms with van der Waals surface area (Å²) in [6.45, 7) is 2.18. The van der Waals surface area contributed by atoms with E-state index in [9.17, 15) is 39.6 Å². The van der Waals surface area contributed by atoms with Crippen LogP contribution in [0.1, 0.15) is 45.9 Å². The van der Waals surface area contributed by atoms with Crippen molar-refractivity contribution in [3.8, 4) is 11.3 Å². The highest BCUT2D eigenvalue weighted by atomic mass is 32.2. The number of benzene rings is 3. The molecule has 4 aromatic rings. The number of ether oxygens (including phenoxy) is 1. The van der Waals surface area contributed by atoms with E-state index in [0.29, 0.717) is 39.1 Å². The number of aromatic nitrogens is 1. The Labute approximate surface area is 292 Å². The minimum absolute atomic E-state index is 0.0516. The van der Waals surface area contributed by atoms with Crippen LogP contribution in [0, 0.1) is 0 Å². The zero-order chi connectivity index (χ0) is 37.1. The second kappa shape index (κ2) is 15.3. The predicted octanol–water partition coefficient (Wildman–Crippen LogP) is 6.90. The first-order valence-electron chi connectivity index (χ1n) is 16.2. The number of nitrogens with one attached hydrogen (secondary N) is 1. The Morgan fingerprint density at radius 2 is 1.67 bits per heavy atom. The van der Waals surface area contributed by atoms with Crippen molar-refractivity contribution in [2.45, 2.75) is 48.7 Å². The van der Waals surface area contributed by atoms with E-state index in [2.05, 4.69) is 15.2 Å². The molecule has 1 amide bonds. The fourth-order valence-electron chi connectivity index (χ4n) is 6.46. The highest BCUT2D eigenvalue weighted by Gasteiger charge is 2.43. The number of hydrogen-bond acceptors (Lipinski definition) is 7. The SMILES string of the molecule is COCCN(C)C1CCN(Cc2c(-c3cccc(C(F)(F)F)c3)nc3c(S(C)(=O)=O)cccc3c2C(=O)N[C@H](c2ccccc2)C(F)(F)F)CC1. The van der Waals surface area contributed by atoms with E-state index in [0.717, 1.165) is 24.5 Å². The van der Waals surface area contributed by atoms with Crippen LogP contribution in [-0.4, -0.2) is 88.0 Å². The van der Waals surface area contributed by atoms with E-state index in [-0.39, 0.29) is 56.3 Å². The first-order chi connectivity index (χ1) is 24.0. The number of carbonyl (C=O) groups excluding carboxylic acids is 1. The number of halogens is 6. The first-order valence-corrected chi connectivity index (χ1v) is 18.1. The number of piperidine rings is 1. The second-order valence-corrected chi connectivity index (χ2v) is 14.6. The number of para-hydroxylation sites is 1. The largest absolute Gasteiger partial charge is 0.416 e. The van der Waals surface area contributed by atoms with Gasteiger partial charge >= 0.3 is 12.4 Å². The molecule has 3 aromatic carbocycles. The van der Waals surface area contributed by atoms with Crippen LogP contribution in [-0.2, 0) is 27.3 Å². The molecule has 1 atom stereocenters. The Morgan fingerprint density at radius 1 is 1.00 bits per heavy atom. The van der Waals surface area contributed by atoms with Crippen LogP contribution in [0.5, 0.6) is 0 Å². The van der Waals surface area contributed by atoms with Gasteiger partial charge in [0.2, 0.25) is 0 Å². The topological polar surface area (TPSA) is 91.8 Å². The average Bonchev–Trinajstić information content (AvgIpc) is 3.08. The maximum atomic E-state index is 14.5. The average molecular weight is 737 g/mol. The van der Waals surface area contributed by atoms with Crippen molar-refractivity contribution in [3.63, 3.8) is 0 Å². The summed E-state index contributed by atoms with van der Waals surface area (Å²) in [7, 11) is -0.444. The van der Waals surface area contributed by atoms with Crippen molar-refractivity contribution in [2.75, 3.05) is 46.7 Å². The summed E-state index contributed by atoms with van der Waals surface area (Å²) in [5.74, 6) is -1.18. The van der Waals surface area contributed by atoms with E-state index >= 15 is 0 Å². The van der Waals surface area contributed by atoms with Crippen LogP contribution < -0.4 is 5.32 Å². The standard InChI is InChI=1S/C36H38F6N4O4S/c1-45(19-20-50-2)26-15-17-46(18-16-26)22-28-30(34(47)44-33(36(40,41)42)23-9-5-4-6-10-23)27-13-8-14-29(51(3,48)49)32(27)43-31(28)24-11-7-12-25(21-24)35(37,38)39/h4-14,21,26,33H,15-20,22H2,1-3H3,(H,44,47)/t33-/m1/s1. The fraction of sp³-hybridized carbons (Fsp3) is 0.389. The number of rotatable bonds is 11. The number of methoxy groups -OCH3 is 1. The number of alkyl halides is 6. The summed E-state index contributed by atoms with van der Waals surface area (Å²) < 4.78 is 117. The van der Waals surface area contributed by atoms with Crippen molar-refractivity contribution in [1.29, 1.82) is 0 Å². The molecule has 1 N–H and O–H groups in total. The summed E-state index contributed by atoms with van der Waals surface area (Å²) in [6, 6.07) is 12.7. The van der Waals surface area contributed by atoms with Gasteiger partial charge in [0, 0.05) is 49.0 Å². The predicted molar refractivity (Wildman–Crippen MR) is 181 cm³/mol. The maximum absolute atomic E-state index is 14.5. The molecule has 8 nitrogen and oxygen atoms in total. The molecule has 5 rings (SSSR count). The quantitative estimate of drug-likeness (QED) is 0.168. The number of hydrogen-bond donors (Lipinski definition) is 1. The number of pyridine rings is 1. The molecule has 1 saturated heterocycles. The Hall–Kier alpha value is -4.05. The molecule has 0 aliphatic carbocycles. The van der Waals surface area contributed by atoms with Crippen LogP contribution in [0.2, 0.25) is 0 Å². The fourth-order valence-corrected chi connectivity index (χ4v) is 7.29. The third-order valence-electron chi connectivity index (χ3n) is 9.12. The zero-order valence-electron chi connectivity index (χ0n) is 28.2. The highest BCUT2D eigenvalue weighted by molar-refractivity contribution is 7.91. The Kier molecular flexibility index (Phi) is 11.4. The van der Waals surface area contributed by atoms with Gasteiger partial charge in [-0.2, -0.15) is 26.3 Å². The van der Waals surface area contributed by atoms with Crippen molar-refractivity contribution >= 4 is 26.6 Å². The summed E-state index contributed by atoms with van der Waals surface area (Å²) in [5.41, 5.74) is -1.96. The number of fused-ring (bicyclic) bond motifs is 1. The van der Waals surface area contributed by atoms with Gasteiger partial charge in [0.15, 0.2) is 15.9 Å². The number of sulfone groups is 1. The van der Waals surface area contributed by atoms with Crippen LogP contribution in [0.25, 0.3) is 22.2 Å². The molecule has 1 aromatic heterocycles. The monoisotopic (exact) mass is 736 g/mol. The molecule has 1 aliphatic rings. The van der Waals surface area contributed by atoms with Crippen LogP contribution >= 0.6 is 0 Å². The number of nitrogens with zero attached hydrogens (tertiary/aromatic N) is 3. The number of likely N-dealkylation sites (N-methyl/N-ethyl adjacent to an activating group) is 1. The summed E-state index contributed by atoms with van der Waals surface area (Å²) in [4.78, 5) is 22.8. The normalized spacial score (nSPS) is 15.7. The smallest absolute Gasteiger partial charge is 0.383 e. The molecule has 0 saturated carbocycles. The summed E-state index contributed by atoms with van der Waals surface area (Å²) >= 11 is 0. The highest BCUT2D eigenvalue weighted by Crippen LogP contribution is 2.39. The number of likely N-dealkylation sites (tertiary alicyclic amines) is 1. The van der Waals surface area contributed by atoms with Crippen molar-refractivity contribution in [2.24, 2.45) is 0 Å². The van der Waals surface area contributed by atoms with Gasteiger partial charge in [0.25, 0.3) is 5.91 Å². The Bertz CT molecular complexity index is 1960. The van der Waals surface area contributed by atoms with Gasteiger partial charge in [-0.25, -0.2) is 13.4 Å². The molecule has 0 unspecified atom stereocenters. The molecule has 1 aliphatic heterocycles. The number of carbonyl (C=O) groups is 1. The minimum atomic E-state index is -4.93. The molecule has 2 heterocycles. The molecule has 15 heteroatoms. The van der Waals surface area contributed by atoms with Gasteiger partial charge in [-0.05, 0) is 56.7 Å². The lowest BCUT2D eigenvalue weighted by molar-refractivity contribution is -0.155. The second-order valence-electron chi connectivity index (χ2n) is 12.7. The maximum Gasteiger partial charge on any atom is 0.416 e. The Morgan fingerprint density at radius 3 is 2.27 bits per heavy atom. The van der Waals surface area contributed by atoms with E-state index in [1.54, 1.807) is 7.11 Å². The van der Waals surface area contributed by atoms with Crippen LogP contribution in [0.4, 0.5) is 26.3 Å². The molecule has 0 bridgehead atoms. The lowest BCUT2D eigenvalue weighted by Gasteiger charge is -2.37. The van der Waals surface area contributed by atoms with Crippen LogP contribution in [0.3, 0.4) is 0 Å². The Balaban J connectivity index is 1.72. The molecule has 0 radical (unpaired) electrons. The third-order valence-corrected chi connectivity index (χ3v) is 10.2. The van der Waals surface area contributed by atoms with E-state index in [1.807, 2.05) is 11.9 Å². The molecule has 274 valence electrons. The van der Waals surface area contributed by atoms with Gasteiger partial charge in [-0.3, -0.25) is 9.69 Å². The van der Waals surface area contributed by atoms with Gasteiger partial charge in [0.05, 0.1) is 33.8 Å². The van der Waals surface area contributed by atoms with Crippen LogP contribution in [0.15, 0.2) is 77.7 Å². The van der Waals surface area contributed by atoms with E-state index < -0.39 is 39.7 Å². The molecule has 0 spiro atoms. The first kappa shape index (κ1) is 38.2. The van der Waals surface area contributed by atoms with Gasteiger partial charge in [0.1, 0.15) is 0 Å². The van der Waals surface area contributed by atoms with Gasteiger partial charge in [-0.1, -0.05) is 54.6 Å². The van der Waals surface area contributed by atoms with Crippen molar-refractivity contribution < 1.29 is 44.3 Å². The molecular weight excluding hydrogens is 698 g/mol. The van der Waals surface area contributed by atoms with Gasteiger partial charge < -0.3 is 15.0 Å². The zero-order valence-corrected chi connectivity index (χ0v) is 29.0.